The highest BCUT2D eigenvalue weighted by molar-refractivity contribution is 6.32. The van der Waals surface area contributed by atoms with Crippen molar-refractivity contribution in [3.8, 4) is 0 Å². The summed E-state index contributed by atoms with van der Waals surface area (Å²) < 4.78 is 0. The number of imide groups is 1. The standard InChI is InChI=1S/C30H43NO4/c1-2-3-4-5-6-7-8-9-10-11-12-13-14-15-19-22-26-27(23-24-28(32)33)30(35)31(29(26)34)25-20-17-16-18-21-25/h9-10,16-18,20-21H,2-8,11-15,19,22-24H2,1H3,(H,32,33)/b10-9-. The maximum atomic E-state index is 13.0. The van der Waals surface area contributed by atoms with E-state index in [0.717, 1.165) is 32.1 Å². The molecule has 2 rings (SSSR count). The van der Waals surface area contributed by atoms with Crippen molar-refractivity contribution in [2.45, 2.75) is 110 Å². The lowest BCUT2D eigenvalue weighted by Gasteiger charge is -2.15. The van der Waals surface area contributed by atoms with Crippen LogP contribution < -0.4 is 4.90 Å². The lowest BCUT2D eigenvalue weighted by Crippen LogP contribution is -2.31. The third-order valence-electron chi connectivity index (χ3n) is 6.58. The number of carbonyl (C=O) groups excluding carboxylic acids is 2. The van der Waals surface area contributed by atoms with Crippen molar-refractivity contribution < 1.29 is 19.5 Å². The number of amides is 2. The molecular formula is C30H43NO4. The molecule has 5 nitrogen and oxygen atoms in total. The minimum Gasteiger partial charge on any atom is -0.481 e. The molecule has 0 atom stereocenters. The van der Waals surface area contributed by atoms with Crippen molar-refractivity contribution in [3.63, 3.8) is 0 Å². The number of unbranched alkanes of at least 4 members (excludes halogenated alkanes) is 11. The first-order valence-electron chi connectivity index (χ1n) is 13.6. The topological polar surface area (TPSA) is 74.7 Å². The Kier molecular flexibility index (Phi) is 13.7. The molecule has 0 aromatic heterocycles. The normalized spacial score (nSPS) is 14.0. The number of anilines is 1. The fourth-order valence-electron chi connectivity index (χ4n) is 4.55. The summed E-state index contributed by atoms with van der Waals surface area (Å²) in [5.41, 5.74) is 1.41. The summed E-state index contributed by atoms with van der Waals surface area (Å²) in [7, 11) is 0. The highest BCUT2D eigenvalue weighted by Crippen LogP contribution is 2.32. The second-order valence-corrected chi connectivity index (χ2v) is 9.47. The molecule has 0 bridgehead atoms. The minimum atomic E-state index is -0.962. The molecule has 5 heteroatoms. The van der Waals surface area contributed by atoms with Crippen molar-refractivity contribution in [2.24, 2.45) is 0 Å². The lowest BCUT2D eigenvalue weighted by atomic mass is 9.99. The Hall–Kier alpha value is -2.69. The van der Waals surface area contributed by atoms with Crippen LogP contribution in [0.15, 0.2) is 53.6 Å². The molecule has 1 aromatic carbocycles. The van der Waals surface area contributed by atoms with Crippen LogP contribution in [0.1, 0.15) is 110 Å². The molecule has 1 aliphatic heterocycles. The third kappa shape index (κ3) is 10.2. The van der Waals surface area contributed by atoms with Crippen molar-refractivity contribution in [1.29, 1.82) is 0 Å². The molecule has 1 N–H and O–H groups in total. The average Bonchev–Trinajstić information content (AvgIpc) is 3.09. The molecule has 192 valence electrons. The summed E-state index contributed by atoms with van der Waals surface area (Å²) in [6.07, 6.45) is 20.8. The Labute approximate surface area is 211 Å². The van der Waals surface area contributed by atoms with Gasteiger partial charge in [-0.05, 0) is 57.1 Å². The van der Waals surface area contributed by atoms with E-state index in [-0.39, 0.29) is 24.7 Å². The van der Waals surface area contributed by atoms with Crippen molar-refractivity contribution in [3.05, 3.63) is 53.6 Å². The van der Waals surface area contributed by atoms with Crippen LogP contribution in [0.25, 0.3) is 0 Å². The molecule has 0 saturated carbocycles. The molecule has 1 aliphatic rings. The lowest BCUT2D eigenvalue weighted by molar-refractivity contribution is -0.137. The molecule has 1 heterocycles. The van der Waals surface area contributed by atoms with Gasteiger partial charge in [-0.25, -0.2) is 4.90 Å². The summed E-state index contributed by atoms with van der Waals surface area (Å²) in [4.78, 5) is 38.3. The highest BCUT2D eigenvalue weighted by Gasteiger charge is 2.38. The van der Waals surface area contributed by atoms with E-state index in [4.69, 9.17) is 5.11 Å². The first-order chi connectivity index (χ1) is 17.1. The molecule has 0 saturated heterocycles. The van der Waals surface area contributed by atoms with Gasteiger partial charge in [0.1, 0.15) is 0 Å². The van der Waals surface area contributed by atoms with Gasteiger partial charge in [-0.15, -0.1) is 0 Å². The first kappa shape index (κ1) is 28.5. The number of carboxylic acids is 1. The number of aliphatic carboxylic acids is 1. The van der Waals surface area contributed by atoms with Crippen LogP contribution >= 0.6 is 0 Å². The number of carboxylic acid groups (broad SMARTS) is 1. The molecule has 2 amide bonds. The van der Waals surface area contributed by atoms with Crippen LogP contribution in [0.4, 0.5) is 5.69 Å². The summed E-state index contributed by atoms with van der Waals surface area (Å²) in [6, 6.07) is 8.87. The Bertz CT molecular complexity index is 856. The summed E-state index contributed by atoms with van der Waals surface area (Å²) in [5.74, 6) is -1.63. The SMILES string of the molecule is CCCCCCCC/C=C\CCCCCCCC1=C(CCC(=O)O)C(=O)N(c2ccccc2)C1=O. The van der Waals surface area contributed by atoms with E-state index in [1.54, 1.807) is 24.3 Å². The van der Waals surface area contributed by atoms with E-state index in [0.29, 0.717) is 23.3 Å². The van der Waals surface area contributed by atoms with Crippen LogP contribution in [0.5, 0.6) is 0 Å². The molecular weight excluding hydrogens is 438 g/mol. The van der Waals surface area contributed by atoms with Crippen LogP contribution in [-0.4, -0.2) is 22.9 Å². The van der Waals surface area contributed by atoms with Gasteiger partial charge in [0.25, 0.3) is 11.8 Å². The van der Waals surface area contributed by atoms with Gasteiger partial charge in [0, 0.05) is 17.6 Å². The zero-order valence-corrected chi connectivity index (χ0v) is 21.5. The number of carbonyl (C=O) groups is 3. The quantitative estimate of drug-likeness (QED) is 0.124. The predicted molar refractivity (Wildman–Crippen MR) is 142 cm³/mol. The molecule has 1 aromatic rings. The number of benzene rings is 1. The number of nitrogens with zero attached hydrogens (tertiary/aromatic N) is 1. The molecule has 0 radical (unpaired) electrons. The molecule has 0 fully saturated rings. The van der Waals surface area contributed by atoms with Gasteiger partial charge in [-0.2, -0.15) is 0 Å². The fraction of sp³-hybridized carbons (Fsp3) is 0.567. The summed E-state index contributed by atoms with van der Waals surface area (Å²) in [6.45, 7) is 2.25. The highest BCUT2D eigenvalue weighted by atomic mass is 16.4. The van der Waals surface area contributed by atoms with E-state index >= 15 is 0 Å². The number of hydrogen-bond donors (Lipinski definition) is 1. The second kappa shape index (κ2) is 16.9. The predicted octanol–water partition coefficient (Wildman–Crippen LogP) is 7.76. The van der Waals surface area contributed by atoms with E-state index in [2.05, 4.69) is 19.1 Å². The van der Waals surface area contributed by atoms with Crippen LogP contribution in [0.3, 0.4) is 0 Å². The van der Waals surface area contributed by atoms with E-state index in [1.165, 1.54) is 56.3 Å². The Balaban J connectivity index is 1.69. The Morgan fingerprint density at radius 2 is 1.26 bits per heavy atom. The van der Waals surface area contributed by atoms with E-state index in [1.807, 2.05) is 6.07 Å². The number of para-hydroxylation sites is 1. The number of hydrogen-bond acceptors (Lipinski definition) is 3. The average molecular weight is 482 g/mol. The first-order valence-corrected chi connectivity index (χ1v) is 13.6. The summed E-state index contributed by atoms with van der Waals surface area (Å²) in [5, 5.41) is 9.07. The fourth-order valence-corrected chi connectivity index (χ4v) is 4.55. The second-order valence-electron chi connectivity index (χ2n) is 9.47. The van der Waals surface area contributed by atoms with Gasteiger partial charge in [0.2, 0.25) is 0 Å². The van der Waals surface area contributed by atoms with Crippen LogP contribution in [-0.2, 0) is 14.4 Å². The minimum absolute atomic E-state index is 0.101. The van der Waals surface area contributed by atoms with Gasteiger partial charge < -0.3 is 5.11 Å². The summed E-state index contributed by atoms with van der Waals surface area (Å²) >= 11 is 0. The molecule has 0 unspecified atom stereocenters. The van der Waals surface area contributed by atoms with Gasteiger partial charge in [-0.1, -0.05) is 88.6 Å². The largest absolute Gasteiger partial charge is 0.481 e. The molecule has 35 heavy (non-hydrogen) atoms. The molecule has 0 aliphatic carbocycles. The third-order valence-corrected chi connectivity index (χ3v) is 6.58. The Morgan fingerprint density at radius 3 is 1.83 bits per heavy atom. The van der Waals surface area contributed by atoms with Crippen molar-refractivity contribution in [2.75, 3.05) is 4.90 Å². The van der Waals surface area contributed by atoms with Crippen molar-refractivity contribution >= 4 is 23.5 Å². The van der Waals surface area contributed by atoms with Crippen molar-refractivity contribution in [1.82, 2.24) is 0 Å². The van der Waals surface area contributed by atoms with E-state index < -0.39 is 5.97 Å². The monoisotopic (exact) mass is 481 g/mol. The zero-order chi connectivity index (χ0) is 25.3. The van der Waals surface area contributed by atoms with E-state index in [9.17, 15) is 14.4 Å². The number of allylic oxidation sites excluding steroid dienone is 2. The number of rotatable bonds is 19. The Morgan fingerprint density at radius 1 is 0.743 bits per heavy atom. The zero-order valence-electron chi connectivity index (χ0n) is 21.5. The van der Waals surface area contributed by atoms with Gasteiger partial charge in [0.15, 0.2) is 0 Å². The van der Waals surface area contributed by atoms with Gasteiger partial charge >= 0.3 is 5.97 Å². The van der Waals surface area contributed by atoms with Crippen LogP contribution in [0.2, 0.25) is 0 Å². The maximum absolute atomic E-state index is 13.0. The molecule has 0 spiro atoms. The van der Waals surface area contributed by atoms with Gasteiger partial charge in [0.05, 0.1) is 5.69 Å². The smallest absolute Gasteiger partial charge is 0.303 e. The van der Waals surface area contributed by atoms with Gasteiger partial charge in [-0.3, -0.25) is 14.4 Å². The van der Waals surface area contributed by atoms with Crippen LogP contribution in [0, 0.1) is 0 Å². The maximum Gasteiger partial charge on any atom is 0.303 e.